The Morgan fingerprint density at radius 3 is 0.774 bits per heavy atom. The van der Waals surface area contributed by atoms with E-state index >= 15 is 0 Å². The van der Waals surface area contributed by atoms with Crippen molar-refractivity contribution in [3.05, 3.63) is 0 Å². The van der Waals surface area contributed by atoms with Gasteiger partial charge in [-0.2, -0.15) is 11.8 Å². The molecule has 0 unspecified atom stereocenters. The lowest BCUT2D eigenvalue weighted by Crippen LogP contribution is -2.61. The molecular weight excluding hydrogens is 1760 g/mol. The van der Waals surface area contributed by atoms with Crippen LogP contribution in [0.2, 0.25) is 0 Å². The molecule has 0 aliphatic carbocycles. The molecule has 0 aromatic rings. The molecular formula is C85H157N25O22S. The highest BCUT2D eigenvalue weighted by Crippen LogP contribution is 2.18. The fourth-order valence-corrected chi connectivity index (χ4v) is 14.1. The van der Waals surface area contributed by atoms with E-state index < -0.39 is 260 Å². The maximum Gasteiger partial charge on any atom is 0.326 e. The van der Waals surface area contributed by atoms with Gasteiger partial charge in [-0.25, -0.2) is 4.79 Å². The molecule has 47 nitrogen and oxygen atoms in total. The topological polar surface area (TPSA) is 810 Å². The average Bonchev–Trinajstić information content (AvgIpc) is 0.854. The molecule has 0 aliphatic rings. The highest BCUT2D eigenvalue weighted by Gasteiger charge is 2.39. The molecule has 0 aromatic carbocycles. The SMILES string of the molecule is CSCC[C@H](NC(=O)[C@H](CCCCN)NC(=O)[C@H](CCCCN)NC(=O)[C@H](CCC(=O)O)NC(=O)[C@H](CC(C)C)NC(=O)CNC(=O)[C@H](CCCCN)NC(=O)[C@H](CC(C)C)NC(=O)[C@H](C)N)C(=O)N[C@@H](CCCCN)C(=O)N[C@@H](CCC(=O)O)C(=O)N[C@@H](CC(C)C)C(=O)N[C@@H](CCCCN)C(=O)N[C@@H](CCC(N)=O)C(=O)N[C@@H](CCCNC(=N)N)C(=O)N[C@@H](CC(C)C)C(=O)O. The fourth-order valence-electron chi connectivity index (χ4n) is 13.6. The Hall–Kier alpha value is -10.7. The molecule has 16 amide bonds. The Bertz CT molecular complexity index is 3700. The third-order valence-corrected chi connectivity index (χ3v) is 21.5. The van der Waals surface area contributed by atoms with Gasteiger partial charge in [-0.3, -0.25) is 91.7 Å². The summed E-state index contributed by atoms with van der Waals surface area (Å²) < 4.78 is 0. The van der Waals surface area contributed by atoms with Gasteiger partial charge in [-0.15, -0.1) is 0 Å². The van der Waals surface area contributed by atoms with Gasteiger partial charge in [-0.1, -0.05) is 55.4 Å². The highest BCUT2D eigenvalue weighted by molar-refractivity contribution is 7.98. The third-order valence-electron chi connectivity index (χ3n) is 20.8. The maximum absolute atomic E-state index is 14.8. The Labute approximate surface area is 783 Å². The average molecular weight is 1910 g/mol. The minimum Gasteiger partial charge on any atom is -0.481 e. The van der Waals surface area contributed by atoms with E-state index in [1.807, 2.05) is 13.8 Å². The lowest BCUT2D eigenvalue weighted by molar-refractivity contribution is -0.143. The molecule has 0 bridgehead atoms. The number of unbranched alkanes of at least 4 members (excludes halogenated alkanes) is 5. The van der Waals surface area contributed by atoms with Crippen LogP contribution in [0.4, 0.5) is 0 Å². The molecule has 0 saturated carbocycles. The molecule has 0 saturated heterocycles. The lowest BCUT2D eigenvalue weighted by atomic mass is 10.00. The number of nitrogens with one attached hydrogen (secondary N) is 17. The summed E-state index contributed by atoms with van der Waals surface area (Å²) in [7, 11) is 0. The highest BCUT2D eigenvalue weighted by atomic mass is 32.2. The predicted molar refractivity (Wildman–Crippen MR) is 498 cm³/mol. The molecule has 133 heavy (non-hydrogen) atoms. The van der Waals surface area contributed by atoms with Crippen molar-refractivity contribution >= 4 is 130 Å². The zero-order valence-corrected chi connectivity index (χ0v) is 79.9. The van der Waals surface area contributed by atoms with Crippen LogP contribution in [0.1, 0.15) is 242 Å². The number of hydrogen-bond acceptors (Lipinski definition) is 27. The molecule has 0 radical (unpaired) electrons. The largest absolute Gasteiger partial charge is 0.481 e. The second-order valence-electron chi connectivity index (χ2n) is 34.8. The van der Waals surface area contributed by atoms with Crippen LogP contribution in [-0.4, -0.2) is 282 Å². The minimum atomic E-state index is -1.75. The van der Waals surface area contributed by atoms with Crippen molar-refractivity contribution in [3.8, 4) is 0 Å². The number of carboxylic acid groups (broad SMARTS) is 3. The number of carbonyl (C=O) groups excluding carboxylic acids is 16. The molecule has 0 spiro atoms. The third kappa shape index (κ3) is 54.9. The van der Waals surface area contributed by atoms with Gasteiger partial charge in [0.25, 0.3) is 0 Å². The summed E-state index contributed by atoms with van der Waals surface area (Å²) >= 11 is 1.27. The molecule has 0 aromatic heterocycles. The van der Waals surface area contributed by atoms with Gasteiger partial charge >= 0.3 is 17.9 Å². The lowest BCUT2D eigenvalue weighted by Gasteiger charge is -2.29. The van der Waals surface area contributed by atoms with Gasteiger partial charge in [0.2, 0.25) is 94.5 Å². The summed E-state index contributed by atoms with van der Waals surface area (Å²) in [5.74, 6) is -20.0. The summed E-state index contributed by atoms with van der Waals surface area (Å²) in [6.45, 7) is 15.5. The summed E-state index contributed by atoms with van der Waals surface area (Å²) in [6, 6.07) is -21.6. The van der Waals surface area contributed by atoms with Crippen molar-refractivity contribution in [1.82, 2.24) is 85.1 Å². The number of carboxylic acids is 3. The number of primary amides is 1. The number of guanidine groups is 1. The van der Waals surface area contributed by atoms with E-state index in [2.05, 4.69) is 85.1 Å². The predicted octanol–water partition coefficient (Wildman–Crippen LogP) is -4.84. The number of nitrogens with two attached hydrogens (primary N) is 8. The Balaban J connectivity index is 7.49. The molecule has 760 valence electrons. The van der Waals surface area contributed by atoms with E-state index in [1.165, 1.54) is 18.7 Å². The number of hydrogen-bond donors (Lipinski definition) is 28. The van der Waals surface area contributed by atoms with Crippen LogP contribution in [0.5, 0.6) is 0 Å². The first-order valence-electron chi connectivity index (χ1n) is 46.0. The standard InChI is InChI=1S/C85H157N25O22S/c1-47(2)42-62(97-67(112)46-96-71(118)52(22-11-16-35-86)98-82(129)63(43-48(3)4)108-70(117)51(9)91)81(128)106-59(29-32-68(113)114)78(125)100-53(23-12-17-36-87)72(119)99-55(25-14-19-38-89)75(122)107-61(34-41-133-10)80(127)101-54(24-13-18-37-88)73(120)105-60(30-33-69(115)116)79(126)109-64(44-49(5)6)83(130)103-56(26-15-20-39-90)74(121)104-58(28-31-66(92)111)77(124)102-57(27-21-40-95-85(93)94)76(123)110-65(84(131)132)45-50(7)8/h47-65H,11-46,86-91H2,1-10H3,(H2,92,111)(H,96,118)(H,97,112)(H,98,129)(H,99,119)(H,100,125)(H,101,127)(H,102,124)(H,103,130)(H,104,121)(H,105,120)(H,106,128)(H,107,122)(H,108,117)(H,109,126)(H,110,123)(H,113,114)(H,115,116)(H,131,132)(H4,93,94,95)/t51-,52-,53-,54-,55-,56-,57-,58-,59-,60-,61-,62-,63-,64-,65-/m0/s1. The van der Waals surface area contributed by atoms with Crippen LogP contribution < -0.4 is 131 Å². The minimum absolute atomic E-state index is 0.0108. The fraction of sp³-hybridized carbons (Fsp3) is 0.765. The first-order chi connectivity index (χ1) is 62.7. The van der Waals surface area contributed by atoms with Crippen LogP contribution >= 0.6 is 11.8 Å². The van der Waals surface area contributed by atoms with E-state index in [-0.39, 0.29) is 166 Å². The van der Waals surface area contributed by atoms with Crippen LogP contribution in [0, 0.1) is 29.1 Å². The monoisotopic (exact) mass is 1910 g/mol. The first kappa shape index (κ1) is 122. The first-order valence-corrected chi connectivity index (χ1v) is 47.4. The van der Waals surface area contributed by atoms with Crippen molar-refractivity contribution in [2.24, 2.45) is 69.5 Å². The van der Waals surface area contributed by atoms with Crippen LogP contribution in [0.3, 0.4) is 0 Å². The summed E-state index contributed by atoms with van der Waals surface area (Å²) in [4.78, 5) is 262. The van der Waals surface area contributed by atoms with Gasteiger partial charge in [0.1, 0.15) is 84.6 Å². The quantitative estimate of drug-likeness (QED) is 0.0154. The molecule has 0 heterocycles. The molecule has 0 fully saturated rings. The van der Waals surface area contributed by atoms with Crippen molar-refractivity contribution in [3.63, 3.8) is 0 Å². The normalized spacial score (nSPS) is 14.6. The van der Waals surface area contributed by atoms with E-state index in [0.717, 1.165) is 0 Å². The second kappa shape index (κ2) is 69.2. The van der Waals surface area contributed by atoms with Gasteiger partial charge in [-0.05, 0) is 236 Å². The zero-order valence-electron chi connectivity index (χ0n) is 79.1. The Morgan fingerprint density at radius 1 is 0.286 bits per heavy atom. The summed E-state index contributed by atoms with van der Waals surface area (Å²) in [5, 5.41) is 78.5. The maximum atomic E-state index is 14.8. The Morgan fingerprint density at radius 2 is 0.519 bits per heavy atom. The van der Waals surface area contributed by atoms with E-state index in [0.29, 0.717) is 38.5 Å². The molecule has 15 atom stereocenters. The summed E-state index contributed by atoms with van der Waals surface area (Å²) in [6.07, 6.45) is 0.504. The van der Waals surface area contributed by atoms with Gasteiger partial charge in [0.05, 0.1) is 12.6 Å². The van der Waals surface area contributed by atoms with Gasteiger partial charge < -0.3 is 146 Å². The molecule has 48 heteroatoms. The van der Waals surface area contributed by atoms with Crippen LogP contribution in [-0.2, 0) is 91.1 Å². The molecule has 0 aliphatic heterocycles. The van der Waals surface area contributed by atoms with Gasteiger partial charge in [0.15, 0.2) is 5.96 Å². The van der Waals surface area contributed by atoms with Crippen LogP contribution in [0.15, 0.2) is 0 Å². The molecule has 0 rings (SSSR count). The zero-order chi connectivity index (χ0) is 101. The number of rotatable bonds is 75. The number of aliphatic carboxylic acids is 3. The van der Waals surface area contributed by atoms with Crippen LogP contribution in [0.25, 0.3) is 0 Å². The van der Waals surface area contributed by atoms with Gasteiger partial charge in [0, 0.05) is 25.8 Å². The van der Waals surface area contributed by atoms with Crippen molar-refractivity contribution < 1.29 is 106 Å². The Kier molecular flexibility index (Phi) is 63.6. The summed E-state index contributed by atoms with van der Waals surface area (Å²) in [5.41, 5.74) is 45.8. The number of thioether (sulfide) groups is 1. The van der Waals surface area contributed by atoms with Crippen molar-refractivity contribution in [2.75, 3.05) is 57.8 Å². The van der Waals surface area contributed by atoms with Crippen molar-refractivity contribution in [2.45, 2.75) is 333 Å². The van der Waals surface area contributed by atoms with E-state index in [4.69, 9.17) is 51.3 Å². The molecule has 36 N–H and O–H groups in total. The van der Waals surface area contributed by atoms with E-state index in [1.54, 1.807) is 47.8 Å². The smallest absolute Gasteiger partial charge is 0.326 e. The van der Waals surface area contributed by atoms with Crippen molar-refractivity contribution in [1.29, 1.82) is 5.41 Å². The number of amides is 16. The second-order valence-corrected chi connectivity index (χ2v) is 35.8. The van der Waals surface area contributed by atoms with E-state index in [9.17, 15) is 106 Å². The number of carbonyl (C=O) groups is 19.